The Morgan fingerprint density at radius 3 is 2.67 bits per heavy atom. The van der Waals surface area contributed by atoms with E-state index in [1.54, 1.807) is 23.1 Å². The fourth-order valence-electron chi connectivity index (χ4n) is 2.92. The Morgan fingerprint density at radius 1 is 1.22 bits per heavy atom. The molecule has 2 aromatic carbocycles. The molecule has 3 rings (SSSR count). The molecule has 27 heavy (non-hydrogen) atoms. The zero-order chi connectivity index (χ0) is 19.4. The highest BCUT2D eigenvalue weighted by Gasteiger charge is 2.37. The summed E-state index contributed by atoms with van der Waals surface area (Å²) in [5, 5.41) is 2.70. The van der Waals surface area contributed by atoms with E-state index in [-0.39, 0.29) is 19.1 Å². The van der Waals surface area contributed by atoms with Gasteiger partial charge in [0, 0.05) is 18.3 Å². The molecule has 1 heterocycles. The molecule has 0 bridgehead atoms. The van der Waals surface area contributed by atoms with Gasteiger partial charge in [-0.25, -0.2) is 4.79 Å². The van der Waals surface area contributed by atoms with Crippen LogP contribution in [0.15, 0.2) is 48.5 Å². The number of ether oxygens (including phenoxy) is 2. The van der Waals surface area contributed by atoms with Crippen LogP contribution in [0.1, 0.15) is 26.3 Å². The Hall–Kier alpha value is -3.02. The van der Waals surface area contributed by atoms with Crippen molar-refractivity contribution in [2.75, 3.05) is 23.4 Å². The summed E-state index contributed by atoms with van der Waals surface area (Å²) in [6, 6.07) is 14.7. The molecular weight excluding hydrogens is 344 g/mol. The number of nitrogens with zero attached hydrogens (tertiary/aromatic N) is 1. The van der Waals surface area contributed by atoms with E-state index in [0.717, 1.165) is 5.56 Å². The van der Waals surface area contributed by atoms with Gasteiger partial charge in [-0.1, -0.05) is 30.3 Å². The van der Waals surface area contributed by atoms with Crippen molar-refractivity contribution in [2.24, 2.45) is 5.41 Å². The highest BCUT2D eigenvalue weighted by molar-refractivity contribution is 5.99. The molecule has 0 aliphatic carbocycles. The van der Waals surface area contributed by atoms with Crippen molar-refractivity contribution in [2.45, 2.75) is 27.4 Å². The Bertz CT molecular complexity index is 833. The van der Waals surface area contributed by atoms with E-state index >= 15 is 0 Å². The van der Waals surface area contributed by atoms with Crippen molar-refractivity contribution >= 4 is 23.4 Å². The maximum Gasteiger partial charge on any atom is 0.411 e. The number of amides is 2. The summed E-state index contributed by atoms with van der Waals surface area (Å²) >= 11 is 0. The molecule has 6 nitrogen and oxygen atoms in total. The van der Waals surface area contributed by atoms with Gasteiger partial charge in [0.2, 0.25) is 5.91 Å². The Balaban J connectivity index is 1.71. The molecule has 2 aromatic rings. The Kier molecular flexibility index (Phi) is 5.35. The van der Waals surface area contributed by atoms with Gasteiger partial charge in [0.1, 0.15) is 19.0 Å². The number of benzene rings is 2. The van der Waals surface area contributed by atoms with Crippen LogP contribution in [0.25, 0.3) is 0 Å². The third kappa shape index (κ3) is 4.22. The molecule has 0 radical (unpaired) electrons. The highest BCUT2D eigenvalue weighted by atomic mass is 16.5. The second-order valence-electron chi connectivity index (χ2n) is 7.09. The van der Waals surface area contributed by atoms with E-state index in [1.165, 1.54) is 0 Å². The zero-order valence-electron chi connectivity index (χ0n) is 15.8. The molecule has 2 amide bonds. The van der Waals surface area contributed by atoms with Crippen molar-refractivity contribution in [1.82, 2.24) is 0 Å². The van der Waals surface area contributed by atoms with Crippen LogP contribution < -0.4 is 15.0 Å². The van der Waals surface area contributed by atoms with Gasteiger partial charge in [-0.05, 0) is 38.5 Å². The average Bonchev–Trinajstić information content (AvgIpc) is 2.76. The molecule has 1 aliphatic rings. The van der Waals surface area contributed by atoms with Gasteiger partial charge in [0.15, 0.2) is 0 Å². The van der Waals surface area contributed by atoms with Gasteiger partial charge in [-0.15, -0.1) is 0 Å². The summed E-state index contributed by atoms with van der Waals surface area (Å²) in [5.41, 5.74) is 1.56. The summed E-state index contributed by atoms with van der Waals surface area (Å²) in [7, 11) is 0. The van der Waals surface area contributed by atoms with Gasteiger partial charge in [0.05, 0.1) is 11.1 Å². The molecule has 0 fully saturated rings. The van der Waals surface area contributed by atoms with Crippen molar-refractivity contribution in [1.29, 1.82) is 0 Å². The van der Waals surface area contributed by atoms with Gasteiger partial charge >= 0.3 is 6.09 Å². The maximum absolute atomic E-state index is 12.7. The summed E-state index contributed by atoms with van der Waals surface area (Å²) in [4.78, 5) is 26.5. The van der Waals surface area contributed by atoms with Crippen LogP contribution in [0.5, 0.6) is 5.75 Å². The molecule has 1 N–H and O–H groups in total. The smallest absolute Gasteiger partial charge is 0.411 e. The number of rotatable bonds is 4. The van der Waals surface area contributed by atoms with Gasteiger partial charge in [-0.3, -0.25) is 10.1 Å². The number of hydrogen-bond donors (Lipinski definition) is 1. The number of fused-ring (bicyclic) bond motifs is 1. The van der Waals surface area contributed by atoms with Crippen molar-refractivity contribution in [3.05, 3.63) is 54.1 Å². The predicted octanol–water partition coefficient (Wildman–Crippen LogP) is 4.21. The lowest BCUT2D eigenvalue weighted by Crippen LogP contribution is -2.42. The lowest BCUT2D eigenvalue weighted by atomic mass is 9.93. The number of carbonyl (C=O) groups is 2. The summed E-state index contributed by atoms with van der Waals surface area (Å²) in [6.45, 7) is 6.67. The quantitative estimate of drug-likeness (QED) is 0.878. The first-order valence-electron chi connectivity index (χ1n) is 8.97. The second-order valence-corrected chi connectivity index (χ2v) is 7.09. The van der Waals surface area contributed by atoms with Crippen LogP contribution in [0, 0.1) is 5.41 Å². The van der Waals surface area contributed by atoms with Crippen molar-refractivity contribution in [3.8, 4) is 5.75 Å². The Morgan fingerprint density at radius 2 is 1.96 bits per heavy atom. The molecule has 6 heteroatoms. The highest BCUT2D eigenvalue weighted by Crippen LogP contribution is 2.38. The molecule has 0 saturated carbocycles. The van der Waals surface area contributed by atoms with Crippen molar-refractivity contribution < 1.29 is 19.1 Å². The standard InChI is InChI=1S/C21H24N2O4/c1-4-23-17-11-10-16(12-18(17)27-14-21(2,3)19(23)24)22-20(25)26-13-15-8-6-5-7-9-15/h5-12H,4,13-14H2,1-3H3,(H,22,25). The first kappa shape index (κ1) is 18.8. The zero-order valence-corrected chi connectivity index (χ0v) is 15.8. The number of nitrogens with one attached hydrogen (secondary N) is 1. The predicted molar refractivity (Wildman–Crippen MR) is 104 cm³/mol. The van der Waals surface area contributed by atoms with E-state index in [1.807, 2.05) is 51.1 Å². The van der Waals surface area contributed by atoms with Crippen LogP contribution in [-0.2, 0) is 16.1 Å². The normalized spacial score (nSPS) is 15.4. The SMILES string of the molecule is CCN1C(=O)C(C)(C)COc2cc(NC(=O)OCc3ccccc3)ccc21. The topological polar surface area (TPSA) is 67.9 Å². The number of anilines is 2. The first-order valence-corrected chi connectivity index (χ1v) is 8.97. The van der Waals surface area contributed by atoms with Crippen LogP contribution in [-0.4, -0.2) is 25.2 Å². The monoisotopic (exact) mass is 368 g/mol. The molecule has 0 saturated heterocycles. The maximum atomic E-state index is 12.7. The van der Waals surface area contributed by atoms with E-state index < -0.39 is 11.5 Å². The van der Waals surface area contributed by atoms with Gasteiger partial charge in [-0.2, -0.15) is 0 Å². The van der Waals surface area contributed by atoms with Crippen LogP contribution >= 0.6 is 0 Å². The van der Waals surface area contributed by atoms with E-state index in [9.17, 15) is 9.59 Å². The van der Waals surface area contributed by atoms with Crippen molar-refractivity contribution in [3.63, 3.8) is 0 Å². The van der Waals surface area contributed by atoms with Crippen LogP contribution in [0.4, 0.5) is 16.2 Å². The third-order valence-corrected chi connectivity index (χ3v) is 4.44. The van der Waals surface area contributed by atoms with Gasteiger partial charge < -0.3 is 14.4 Å². The minimum atomic E-state index is -0.614. The minimum Gasteiger partial charge on any atom is -0.490 e. The second kappa shape index (κ2) is 7.70. The lowest BCUT2D eigenvalue weighted by molar-refractivity contribution is -0.127. The molecule has 142 valence electrons. The third-order valence-electron chi connectivity index (χ3n) is 4.44. The van der Waals surface area contributed by atoms with E-state index in [0.29, 0.717) is 23.7 Å². The van der Waals surface area contributed by atoms with E-state index in [2.05, 4.69) is 5.32 Å². The largest absolute Gasteiger partial charge is 0.490 e. The summed E-state index contributed by atoms with van der Waals surface area (Å²) in [6.07, 6.45) is -0.545. The molecule has 0 atom stereocenters. The fourth-order valence-corrected chi connectivity index (χ4v) is 2.92. The summed E-state index contributed by atoms with van der Waals surface area (Å²) in [5.74, 6) is 0.586. The molecule has 0 aromatic heterocycles. The minimum absolute atomic E-state index is 0.0201. The molecule has 0 spiro atoms. The van der Waals surface area contributed by atoms with Crippen LogP contribution in [0.2, 0.25) is 0 Å². The molecule has 0 unspecified atom stereocenters. The van der Waals surface area contributed by atoms with Crippen LogP contribution in [0.3, 0.4) is 0 Å². The lowest BCUT2D eigenvalue weighted by Gasteiger charge is -2.26. The molecular formula is C21H24N2O4. The fraction of sp³-hybridized carbons (Fsp3) is 0.333. The van der Waals surface area contributed by atoms with Gasteiger partial charge in [0.25, 0.3) is 0 Å². The first-order chi connectivity index (χ1) is 12.9. The number of hydrogen-bond acceptors (Lipinski definition) is 4. The Labute approximate surface area is 159 Å². The van der Waals surface area contributed by atoms with E-state index in [4.69, 9.17) is 9.47 Å². The average molecular weight is 368 g/mol. The summed E-state index contributed by atoms with van der Waals surface area (Å²) < 4.78 is 11.1. The number of carbonyl (C=O) groups excluding carboxylic acids is 2. The molecule has 1 aliphatic heterocycles.